The van der Waals surface area contributed by atoms with Gasteiger partial charge in [0, 0.05) is 19.0 Å². The zero-order valence-corrected chi connectivity index (χ0v) is 18.1. The number of carbonyl (C=O) groups is 1. The molecule has 1 aromatic carbocycles. The fourth-order valence-corrected chi connectivity index (χ4v) is 4.00. The maximum absolute atomic E-state index is 13.2. The Balaban J connectivity index is 1.52. The Morgan fingerprint density at radius 3 is 2.80 bits per heavy atom. The van der Waals surface area contributed by atoms with Crippen molar-refractivity contribution >= 4 is 49.6 Å². The molecule has 2 N–H and O–H groups in total. The lowest BCUT2D eigenvalue weighted by atomic mass is 9.97. The van der Waals surface area contributed by atoms with Crippen LogP contribution in [0, 0.1) is 11.7 Å². The van der Waals surface area contributed by atoms with Gasteiger partial charge in [-0.2, -0.15) is 5.48 Å². The molecule has 2 heterocycles. The van der Waals surface area contributed by atoms with E-state index in [2.05, 4.69) is 46.8 Å². The second-order valence-electron chi connectivity index (χ2n) is 6.48. The number of nitrogens with zero attached hydrogens (tertiary/aromatic N) is 4. The molecule has 0 unspecified atom stereocenters. The molecule has 3 rings (SSSR count). The molecule has 14 heteroatoms. The van der Waals surface area contributed by atoms with E-state index < -0.39 is 15.8 Å². The molecule has 1 aliphatic rings. The van der Waals surface area contributed by atoms with Crippen molar-refractivity contribution in [3.63, 3.8) is 0 Å². The number of nitrogens with one attached hydrogen (secondary N) is 2. The summed E-state index contributed by atoms with van der Waals surface area (Å²) in [6.45, 7) is 0.558. The molecule has 1 fully saturated rings. The summed E-state index contributed by atoms with van der Waals surface area (Å²) in [6.07, 6.45) is 3.11. The smallest absolute Gasteiger partial charge is 0.228 e. The molecular formula is C16H18BrFN6O5S. The number of hydrogen-bond acceptors (Lipinski definition) is 9. The molecule has 0 spiro atoms. The van der Waals surface area contributed by atoms with Gasteiger partial charge in [0.2, 0.25) is 21.7 Å². The highest BCUT2D eigenvalue weighted by atomic mass is 79.9. The quantitative estimate of drug-likeness (QED) is 0.430. The van der Waals surface area contributed by atoms with Gasteiger partial charge in [0.1, 0.15) is 12.0 Å². The van der Waals surface area contributed by atoms with Crippen LogP contribution in [0.15, 0.2) is 32.5 Å². The molecule has 1 aromatic heterocycles. The fraction of sp³-hybridized carbons (Fsp3) is 0.375. The van der Waals surface area contributed by atoms with E-state index in [1.807, 2.05) is 0 Å². The van der Waals surface area contributed by atoms with Crippen molar-refractivity contribution in [1.82, 2.24) is 14.6 Å². The van der Waals surface area contributed by atoms with Crippen LogP contribution in [0.2, 0.25) is 0 Å². The molecule has 0 bridgehead atoms. The monoisotopic (exact) mass is 504 g/mol. The second-order valence-corrected chi connectivity index (χ2v) is 9.32. The van der Waals surface area contributed by atoms with Crippen LogP contribution in [-0.4, -0.2) is 54.5 Å². The minimum absolute atomic E-state index is 0.0578. The maximum atomic E-state index is 13.2. The van der Waals surface area contributed by atoms with Crippen LogP contribution in [0.4, 0.5) is 15.9 Å². The second kappa shape index (κ2) is 9.49. The Morgan fingerprint density at radius 2 is 2.13 bits per heavy atom. The highest BCUT2D eigenvalue weighted by Gasteiger charge is 2.29. The molecule has 0 atom stereocenters. The number of rotatable bonds is 7. The van der Waals surface area contributed by atoms with E-state index >= 15 is 0 Å². The summed E-state index contributed by atoms with van der Waals surface area (Å²) in [4.78, 5) is 17.3. The Hall–Kier alpha value is -2.58. The van der Waals surface area contributed by atoms with Gasteiger partial charge in [-0.05, 0) is 57.3 Å². The summed E-state index contributed by atoms with van der Waals surface area (Å²) in [7, 11) is -3.26. The molecule has 1 aliphatic heterocycles. The number of benzene rings is 1. The van der Waals surface area contributed by atoms with Gasteiger partial charge < -0.3 is 5.32 Å². The van der Waals surface area contributed by atoms with Crippen LogP contribution in [-0.2, 0) is 19.8 Å². The first-order chi connectivity index (χ1) is 14.2. The number of amides is 1. The maximum Gasteiger partial charge on any atom is 0.228 e. The summed E-state index contributed by atoms with van der Waals surface area (Å²) in [5.41, 5.74) is 3.06. The third kappa shape index (κ3) is 5.73. The third-order valence-electron chi connectivity index (χ3n) is 4.36. The van der Waals surface area contributed by atoms with Crippen molar-refractivity contribution in [1.29, 1.82) is 0 Å². The first-order valence-corrected chi connectivity index (χ1v) is 11.4. The zero-order chi connectivity index (χ0) is 21.7. The van der Waals surface area contributed by atoms with Gasteiger partial charge in [0.25, 0.3) is 0 Å². The van der Waals surface area contributed by atoms with Crippen LogP contribution in [0.25, 0.3) is 0 Å². The summed E-state index contributed by atoms with van der Waals surface area (Å²) in [5, 5.41) is 13.5. The van der Waals surface area contributed by atoms with Crippen molar-refractivity contribution in [2.75, 3.05) is 30.1 Å². The van der Waals surface area contributed by atoms with E-state index in [9.17, 15) is 17.6 Å². The lowest BCUT2D eigenvalue weighted by Gasteiger charge is -2.29. The summed E-state index contributed by atoms with van der Waals surface area (Å²) >= 11 is 3.05. The van der Waals surface area contributed by atoms with Crippen molar-refractivity contribution < 1.29 is 27.2 Å². The van der Waals surface area contributed by atoms with E-state index in [1.165, 1.54) is 28.7 Å². The number of carbonyl (C=O) groups excluding carboxylic acids is 1. The Morgan fingerprint density at radius 1 is 1.40 bits per heavy atom. The van der Waals surface area contributed by atoms with Crippen molar-refractivity contribution in [2.24, 2.45) is 11.1 Å². The molecule has 1 saturated heterocycles. The number of aromatic nitrogens is 2. The standard InChI is InChI=1S/C16H18BrFN6O5S/c1-30(26,27)24-6-4-10(5-7-24)16(25)20-15-14(22-29-23-15)9-19-28-21-11-2-3-13(18)12(17)8-11/h2-3,8-10,21H,4-7H2,1H3,(H,20,23,25)/b19-9+. The normalized spacial score (nSPS) is 16.0. The average Bonchev–Trinajstić information content (AvgIpc) is 3.14. The van der Waals surface area contributed by atoms with Crippen LogP contribution >= 0.6 is 15.9 Å². The lowest BCUT2D eigenvalue weighted by Crippen LogP contribution is -2.41. The number of halogens is 2. The molecule has 30 heavy (non-hydrogen) atoms. The number of oxime groups is 1. The van der Waals surface area contributed by atoms with Gasteiger partial charge >= 0.3 is 0 Å². The predicted molar refractivity (Wildman–Crippen MR) is 108 cm³/mol. The van der Waals surface area contributed by atoms with Crippen LogP contribution in [0.1, 0.15) is 18.5 Å². The summed E-state index contributed by atoms with van der Waals surface area (Å²) in [5.74, 6) is -1.04. The minimum atomic E-state index is -3.26. The molecule has 2 aromatic rings. The van der Waals surface area contributed by atoms with Crippen molar-refractivity contribution in [3.8, 4) is 0 Å². The molecule has 0 aliphatic carbocycles. The van der Waals surface area contributed by atoms with Crippen LogP contribution in [0.5, 0.6) is 0 Å². The molecule has 0 radical (unpaired) electrons. The van der Waals surface area contributed by atoms with Crippen LogP contribution in [0.3, 0.4) is 0 Å². The highest BCUT2D eigenvalue weighted by molar-refractivity contribution is 9.10. The van der Waals surface area contributed by atoms with E-state index in [-0.39, 0.29) is 40.9 Å². The Kier molecular flexibility index (Phi) is 6.99. The predicted octanol–water partition coefficient (Wildman–Crippen LogP) is 1.96. The van der Waals surface area contributed by atoms with Gasteiger partial charge in [0.15, 0.2) is 5.69 Å². The largest absolute Gasteiger partial charge is 0.306 e. The van der Waals surface area contributed by atoms with Gasteiger partial charge in [-0.25, -0.2) is 21.7 Å². The summed E-state index contributed by atoms with van der Waals surface area (Å²) in [6, 6.07) is 4.16. The molecule has 1 amide bonds. The van der Waals surface area contributed by atoms with Gasteiger partial charge in [-0.1, -0.05) is 5.16 Å². The molecule has 0 saturated carbocycles. The number of sulfonamides is 1. The van der Waals surface area contributed by atoms with Gasteiger partial charge in [-0.3, -0.25) is 9.73 Å². The molecule has 11 nitrogen and oxygen atoms in total. The minimum Gasteiger partial charge on any atom is -0.306 e. The number of piperidine rings is 1. The topological polar surface area (TPSA) is 139 Å². The first-order valence-electron chi connectivity index (χ1n) is 8.73. The van der Waals surface area contributed by atoms with Gasteiger partial charge in [0.05, 0.1) is 16.4 Å². The highest BCUT2D eigenvalue weighted by Crippen LogP contribution is 2.22. The van der Waals surface area contributed by atoms with Crippen molar-refractivity contribution in [3.05, 3.63) is 34.2 Å². The fourth-order valence-electron chi connectivity index (χ4n) is 2.75. The van der Waals surface area contributed by atoms with E-state index in [4.69, 9.17) is 4.94 Å². The SMILES string of the molecule is CS(=O)(=O)N1CCC(C(=O)Nc2nonc2/C=N/ONc2ccc(F)c(Br)c2)CC1. The Labute approximate surface area is 179 Å². The average molecular weight is 505 g/mol. The third-order valence-corrected chi connectivity index (χ3v) is 6.27. The van der Waals surface area contributed by atoms with E-state index in [0.29, 0.717) is 18.5 Å². The molecular weight excluding hydrogens is 487 g/mol. The van der Waals surface area contributed by atoms with E-state index in [0.717, 1.165) is 6.26 Å². The summed E-state index contributed by atoms with van der Waals surface area (Å²) < 4.78 is 42.5. The lowest BCUT2D eigenvalue weighted by molar-refractivity contribution is -0.120. The van der Waals surface area contributed by atoms with E-state index in [1.54, 1.807) is 0 Å². The zero-order valence-electron chi connectivity index (χ0n) is 15.7. The van der Waals surface area contributed by atoms with Crippen LogP contribution < -0.4 is 10.8 Å². The number of hydrogen-bond donors (Lipinski definition) is 2. The first kappa shape index (κ1) is 22.1. The van der Waals surface area contributed by atoms with Crippen molar-refractivity contribution in [2.45, 2.75) is 12.8 Å². The Bertz CT molecular complexity index is 1040. The molecule has 162 valence electrons. The van der Waals surface area contributed by atoms with Gasteiger partial charge in [-0.15, -0.1) is 0 Å². The number of anilines is 2.